The summed E-state index contributed by atoms with van der Waals surface area (Å²) in [6, 6.07) is 7.24. The number of rotatable bonds is 3. The first kappa shape index (κ1) is 19.6. The van der Waals surface area contributed by atoms with E-state index in [0.717, 1.165) is 31.6 Å². The van der Waals surface area contributed by atoms with Crippen LogP contribution in [0.25, 0.3) is 0 Å². The molecule has 1 aromatic rings. The number of methoxy groups -OCH3 is 1. The summed E-state index contributed by atoms with van der Waals surface area (Å²) >= 11 is 0. The van der Waals surface area contributed by atoms with E-state index >= 15 is 0 Å². The second-order valence-corrected chi connectivity index (χ2v) is 7.24. The van der Waals surface area contributed by atoms with E-state index in [1.165, 1.54) is 7.11 Å². The van der Waals surface area contributed by atoms with Gasteiger partial charge in [0, 0.05) is 24.8 Å². The van der Waals surface area contributed by atoms with Crippen LogP contribution >= 0.6 is 0 Å². The van der Waals surface area contributed by atoms with E-state index < -0.39 is 17.7 Å². The van der Waals surface area contributed by atoms with Gasteiger partial charge in [-0.1, -0.05) is 0 Å². The van der Waals surface area contributed by atoms with Crippen LogP contribution < -0.4 is 10.2 Å². The molecule has 2 rings (SSSR count). The maximum Gasteiger partial charge on any atom is 0.407 e. The van der Waals surface area contributed by atoms with Gasteiger partial charge in [0.2, 0.25) is 0 Å². The van der Waals surface area contributed by atoms with Crippen LogP contribution in [0.1, 0.15) is 49.5 Å². The van der Waals surface area contributed by atoms with E-state index in [2.05, 4.69) is 10.2 Å². The third-order valence-corrected chi connectivity index (χ3v) is 4.11. The van der Waals surface area contributed by atoms with Crippen molar-refractivity contribution in [2.45, 2.75) is 45.3 Å². The number of benzene rings is 1. The number of alkyl carbamates (subject to hydrolysis) is 1. The number of hydrogen-bond acceptors (Lipinski definition) is 6. The monoisotopic (exact) mass is 359 g/mol. The highest BCUT2D eigenvalue weighted by Gasteiger charge is 2.24. The summed E-state index contributed by atoms with van der Waals surface area (Å²) in [4.78, 5) is 25.7. The zero-order valence-corrected chi connectivity index (χ0v) is 15.7. The zero-order chi connectivity index (χ0) is 19.3. The number of anilines is 1. The number of ether oxygens (including phenoxy) is 2. The lowest BCUT2D eigenvalue weighted by molar-refractivity contribution is 0.0496. The van der Waals surface area contributed by atoms with Gasteiger partial charge in [-0.15, -0.1) is 0 Å². The standard InChI is InChI=1S/C19H25N3O4/c1-19(2,3)26-18(24)21-14-7-9-22(10-8-14)15-5-6-16(17(23)25-4)13(11-15)12-20/h5-6,11,14H,7-10H2,1-4H3,(H,21,24). The minimum Gasteiger partial charge on any atom is -0.465 e. The summed E-state index contributed by atoms with van der Waals surface area (Å²) in [6.07, 6.45) is 1.16. The van der Waals surface area contributed by atoms with Gasteiger partial charge in [0.15, 0.2) is 0 Å². The molecule has 140 valence electrons. The molecule has 26 heavy (non-hydrogen) atoms. The zero-order valence-electron chi connectivity index (χ0n) is 15.7. The highest BCUT2D eigenvalue weighted by Crippen LogP contribution is 2.23. The smallest absolute Gasteiger partial charge is 0.407 e. The minimum absolute atomic E-state index is 0.0610. The number of amides is 1. The van der Waals surface area contributed by atoms with Crippen molar-refractivity contribution in [3.05, 3.63) is 29.3 Å². The second-order valence-electron chi connectivity index (χ2n) is 7.24. The van der Waals surface area contributed by atoms with Gasteiger partial charge in [-0.2, -0.15) is 5.26 Å². The third-order valence-electron chi connectivity index (χ3n) is 4.11. The van der Waals surface area contributed by atoms with Crippen molar-refractivity contribution < 1.29 is 19.1 Å². The van der Waals surface area contributed by atoms with Crippen molar-refractivity contribution in [3.8, 4) is 6.07 Å². The van der Waals surface area contributed by atoms with Crippen LogP contribution in [0.15, 0.2) is 18.2 Å². The van der Waals surface area contributed by atoms with Crippen LogP contribution in [0.2, 0.25) is 0 Å². The molecular formula is C19H25N3O4. The van der Waals surface area contributed by atoms with Crippen LogP contribution in [-0.2, 0) is 9.47 Å². The summed E-state index contributed by atoms with van der Waals surface area (Å²) in [5, 5.41) is 12.2. The number of esters is 1. The first-order chi connectivity index (χ1) is 12.2. The van der Waals surface area contributed by atoms with E-state index in [0.29, 0.717) is 5.56 Å². The number of carbonyl (C=O) groups excluding carboxylic acids is 2. The lowest BCUT2D eigenvalue weighted by Crippen LogP contribution is -2.46. The molecule has 0 aliphatic carbocycles. The maximum atomic E-state index is 11.9. The minimum atomic E-state index is -0.520. The molecule has 0 spiro atoms. The van der Waals surface area contributed by atoms with E-state index in [9.17, 15) is 14.9 Å². The highest BCUT2D eigenvalue weighted by molar-refractivity contribution is 5.92. The molecule has 7 heteroatoms. The van der Waals surface area contributed by atoms with Gasteiger partial charge >= 0.3 is 12.1 Å². The number of nitrogens with one attached hydrogen (secondary N) is 1. The summed E-state index contributed by atoms with van der Waals surface area (Å²) in [5.74, 6) is -0.520. The third kappa shape index (κ3) is 5.12. The van der Waals surface area contributed by atoms with Crippen molar-refractivity contribution >= 4 is 17.7 Å². The predicted octanol–water partition coefficient (Wildman–Crippen LogP) is 2.84. The first-order valence-corrected chi connectivity index (χ1v) is 8.60. The lowest BCUT2D eigenvalue weighted by Gasteiger charge is -2.34. The van der Waals surface area contributed by atoms with Crippen LogP contribution in [0, 0.1) is 11.3 Å². The molecule has 1 amide bonds. The Labute approximate surface area is 153 Å². The fraction of sp³-hybridized carbons (Fsp3) is 0.526. The largest absolute Gasteiger partial charge is 0.465 e. The Balaban J connectivity index is 1.97. The molecule has 0 unspecified atom stereocenters. The maximum absolute atomic E-state index is 11.9. The molecule has 1 fully saturated rings. The number of carbonyl (C=O) groups is 2. The SMILES string of the molecule is COC(=O)c1ccc(N2CCC(NC(=O)OC(C)(C)C)CC2)cc1C#N. The molecule has 1 aliphatic heterocycles. The molecule has 0 aromatic heterocycles. The van der Waals surface area contributed by atoms with Gasteiger partial charge in [0.1, 0.15) is 11.7 Å². The molecule has 1 heterocycles. The number of nitrogens with zero attached hydrogens (tertiary/aromatic N) is 2. The summed E-state index contributed by atoms with van der Waals surface area (Å²) < 4.78 is 9.98. The Morgan fingerprint density at radius 3 is 2.46 bits per heavy atom. The summed E-state index contributed by atoms with van der Waals surface area (Å²) in [6.45, 7) is 6.98. The van der Waals surface area contributed by atoms with Crippen LogP contribution in [-0.4, -0.2) is 43.9 Å². The molecule has 0 atom stereocenters. The molecule has 0 radical (unpaired) electrons. The fourth-order valence-corrected chi connectivity index (χ4v) is 2.87. The van der Waals surface area contributed by atoms with Crippen molar-refractivity contribution in [1.82, 2.24) is 5.32 Å². The Morgan fingerprint density at radius 1 is 1.27 bits per heavy atom. The molecule has 0 saturated carbocycles. The summed E-state index contributed by atoms with van der Waals surface area (Å²) in [7, 11) is 1.29. The predicted molar refractivity (Wildman–Crippen MR) is 97.1 cm³/mol. The fourth-order valence-electron chi connectivity index (χ4n) is 2.87. The number of hydrogen-bond donors (Lipinski definition) is 1. The molecule has 1 aromatic carbocycles. The number of nitriles is 1. The highest BCUT2D eigenvalue weighted by atomic mass is 16.6. The molecule has 0 bridgehead atoms. The Hall–Kier alpha value is -2.75. The van der Waals surface area contributed by atoms with Gasteiger partial charge in [-0.05, 0) is 51.8 Å². The van der Waals surface area contributed by atoms with E-state index in [-0.39, 0.29) is 11.6 Å². The number of piperidine rings is 1. The lowest BCUT2D eigenvalue weighted by atomic mass is 10.0. The molecule has 1 N–H and O–H groups in total. The van der Waals surface area contributed by atoms with Gasteiger partial charge in [-0.3, -0.25) is 0 Å². The van der Waals surface area contributed by atoms with Crippen LogP contribution in [0.5, 0.6) is 0 Å². The van der Waals surface area contributed by atoms with Gasteiger partial charge in [0.25, 0.3) is 0 Å². The Kier molecular flexibility index (Phi) is 6.09. The van der Waals surface area contributed by atoms with Gasteiger partial charge in [-0.25, -0.2) is 9.59 Å². The average Bonchev–Trinajstić information content (AvgIpc) is 2.59. The normalized spacial score (nSPS) is 15.1. The second kappa shape index (κ2) is 8.09. The van der Waals surface area contributed by atoms with Crippen molar-refractivity contribution in [1.29, 1.82) is 5.26 Å². The first-order valence-electron chi connectivity index (χ1n) is 8.60. The quantitative estimate of drug-likeness (QED) is 0.835. The molecule has 7 nitrogen and oxygen atoms in total. The van der Waals surface area contributed by atoms with E-state index in [4.69, 9.17) is 9.47 Å². The Morgan fingerprint density at radius 2 is 1.92 bits per heavy atom. The summed E-state index contributed by atoms with van der Waals surface area (Å²) in [5.41, 5.74) is 0.924. The van der Waals surface area contributed by atoms with Crippen molar-refractivity contribution in [2.75, 3.05) is 25.1 Å². The topological polar surface area (TPSA) is 91.7 Å². The average molecular weight is 359 g/mol. The molecule has 1 saturated heterocycles. The van der Waals surface area contributed by atoms with Gasteiger partial charge in [0.05, 0.1) is 18.2 Å². The van der Waals surface area contributed by atoms with Crippen LogP contribution in [0.3, 0.4) is 0 Å². The van der Waals surface area contributed by atoms with E-state index in [1.54, 1.807) is 12.1 Å². The Bertz CT molecular complexity index is 710. The molecule has 1 aliphatic rings. The molecular weight excluding hydrogens is 334 g/mol. The van der Waals surface area contributed by atoms with Crippen molar-refractivity contribution in [2.24, 2.45) is 0 Å². The van der Waals surface area contributed by atoms with E-state index in [1.807, 2.05) is 32.9 Å². The van der Waals surface area contributed by atoms with Gasteiger partial charge < -0.3 is 19.7 Å². The van der Waals surface area contributed by atoms with Crippen LogP contribution in [0.4, 0.5) is 10.5 Å². The van der Waals surface area contributed by atoms with Crippen molar-refractivity contribution in [3.63, 3.8) is 0 Å².